The Morgan fingerprint density at radius 3 is 2.52 bits per heavy atom. The van der Waals surface area contributed by atoms with Gasteiger partial charge in [0.1, 0.15) is 0 Å². The number of aryl methyl sites for hydroxylation is 1. The van der Waals surface area contributed by atoms with Gasteiger partial charge in [-0.05, 0) is 47.7 Å². The van der Waals surface area contributed by atoms with Crippen molar-refractivity contribution in [2.45, 2.75) is 19.9 Å². The Kier molecular flexibility index (Phi) is 4.94. The summed E-state index contributed by atoms with van der Waals surface area (Å²) in [6.45, 7) is 2.56. The van der Waals surface area contributed by atoms with Gasteiger partial charge < -0.3 is 15.7 Å². The minimum absolute atomic E-state index is 0.187. The summed E-state index contributed by atoms with van der Waals surface area (Å²) in [7, 11) is 0. The maximum atomic E-state index is 11.8. The van der Waals surface area contributed by atoms with Gasteiger partial charge in [-0.25, -0.2) is 9.59 Å². The fourth-order valence-corrected chi connectivity index (χ4v) is 2.78. The number of hydrogen-bond acceptors (Lipinski definition) is 3. The Hall–Kier alpha value is -2.34. The van der Waals surface area contributed by atoms with Gasteiger partial charge >= 0.3 is 12.0 Å². The third kappa shape index (κ3) is 4.06. The first-order valence-corrected chi connectivity index (χ1v) is 7.41. The number of carboxylic acids is 1. The number of nitrogens with one attached hydrogen (secondary N) is 2. The molecule has 0 saturated heterocycles. The van der Waals surface area contributed by atoms with Gasteiger partial charge in [0.15, 0.2) is 0 Å². The second-order valence-electron chi connectivity index (χ2n) is 4.41. The Morgan fingerprint density at radius 1 is 1.19 bits per heavy atom. The maximum Gasteiger partial charge on any atom is 0.335 e. The van der Waals surface area contributed by atoms with E-state index in [2.05, 4.69) is 23.6 Å². The number of rotatable bonds is 5. The van der Waals surface area contributed by atoms with Crippen molar-refractivity contribution < 1.29 is 14.7 Å². The highest BCUT2D eigenvalue weighted by Gasteiger charge is 2.06. The smallest absolute Gasteiger partial charge is 0.335 e. The van der Waals surface area contributed by atoms with E-state index in [1.807, 2.05) is 5.38 Å². The first kappa shape index (κ1) is 15.1. The number of hydrogen-bond donors (Lipinski definition) is 3. The fraction of sp³-hybridized carbons (Fsp3) is 0.200. The van der Waals surface area contributed by atoms with E-state index < -0.39 is 5.97 Å². The van der Waals surface area contributed by atoms with Crippen LogP contribution in [0.15, 0.2) is 35.7 Å². The minimum atomic E-state index is -0.990. The van der Waals surface area contributed by atoms with E-state index >= 15 is 0 Å². The number of thiophene rings is 1. The molecule has 110 valence electrons. The van der Waals surface area contributed by atoms with Crippen LogP contribution in [-0.2, 0) is 13.0 Å². The van der Waals surface area contributed by atoms with Crippen LogP contribution in [0.5, 0.6) is 0 Å². The third-order valence-corrected chi connectivity index (χ3v) is 3.98. The molecule has 2 amide bonds. The van der Waals surface area contributed by atoms with Crippen molar-refractivity contribution in [3.8, 4) is 0 Å². The standard InChI is InChI=1S/C15H16N2O3S/c1-2-10-7-8-21-13(10)9-16-15(20)17-12-5-3-11(4-6-12)14(18)19/h3-8H,2,9H2,1H3,(H,18,19)(H2,16,17,20). The van der Waals surface area contributed by atoms with Crippen molar-refractivity contribution >= 4 is 29.0 Å². The zero-order chi connectivity index (χ0) is 15.2. The molecular formula is C15H16N2O3S. The average Bonchev–Trinajstić information content (AvgIpc) is 2.93. The van der Waals surface area contributed by atoms with E-state index in [0.29, 0.717) is 12.2 Å². The molecule has 1 aromatic heterocycles. The Bertz CT molecular complexity index is 635. The minimum Gasteiger partial charge on any atom is -0.478 e. The highest BCUT2D eigenvalue weighted by Crippen LogP contribution is 2.17. The lowest BCUT2D eigenvalue weighted by atomic mass is 10.2. The number of carbonyl (C=O) groups is 2. The Morgan fingerprint density at radius 2 is 1.90 bits per heavy atom. The van der Waals surface area contributed by atoms with Crippen molar-refractivity contribution in [1.82, 2.24) is 5.32 Å². The summed E-state index contributed by atoms with van der Waals surface area (Å²) < 4.78 is 0. The van der Waals surface area contributed by atoms with Gasteiger partial charge in [-0.3, -0.25) is 0 Å². The average molecular weight is 304 g/mol. The van der Waals surface area contributed by atoms with E-state index in [1.54, 1.807) is 23.5 Å². The summed E-state index contributed by atoms with van der Waals surface area (Å²) >= 11 is 1.62. The molecule has 1 aromatic carbocycles. The number of amides is 2. The van der Waals surface area contributed by atoms with Gasteiger partial charge in [0.25, 0.3) is 0 Å². The zero-order valence-electron chi connectivity index (χ0n) is 11.6. The molecule has 0 aliphatic rings. The largest absolute Gasteiger partial charge is 0.478 e. The molecular weight excluding hydrogens is 288 g/mol. The molecule has 2 rings (SSSR count). The summed E-state index contributed by atoms with van der Waals surface area (Å²) in [5.41, 5.74) is 1.98. The van der Waals surface area contributed by atoms with Crippen molar-refractivity contribution in [1.29, 1.82) is 0 Å². The molecule has 6 heteroatoms. The van der Waals surface area contributed by atoms with Crippen molar-refractivity contribution in [3.05, 3.63) is 51.7 Å². The van der Waals surface area contributed by atoms with Crippen LogP contribution in [0, 0.1) is 0 Å². The van der Waals surface area contributed by atoms with Crippen LogP contribution in [0.25, 0.3) is 0 Å². The molecule has 5 nitrogen and oxygen atoms in total. The molecule has 0 saturated carbocycles. The molecule has 3 N–H and O–H groups in total. The van der Waals surface area contributed by atoms with E-state index in [1.165, 1.54) is 17.7 Å². The van der Waals surface area contributed by atoms with Gasteiger partial charge in [-0.2, -0.15) is 0 Å². The molecule has 0 radical (unpaired) electrons. The third-order valence-electron chi connectivity index (χ3n) is 3.02. The normalized spacial score (nSPS) is 10.1. The Labute approximate surface area is 126 Å². The van der Waals surface area contributed by atoms with E-state index in [9.17, 15) is 9.59 Å². The molecule has 0 bridgehead atoms. The number of aromatic carboxylic acids is 1. The molecule has 21 heavy (non-hydrogen) atoms. The van der Waals surface area contributed by atoms with Crippen molar-refractivity contribution in [2.24, 2.45) is 0 Å². The van der Waals surface area contributed by atoms with Crippen molar-refractivity contribution in [2.75, 3.05) is 5.32 Å². The maximum absolute atomic E-state index is 11.8. The van der Waals surface area contributed by atoms with Gasteiger partial charge in [0.05, 0.1) is 12.1 Å². The second kappa shape index (κ2) is 6.90. The summed E-state index contributed by atoms with van der Waals surface area (Å²) in [6.07, 6.45) is 0.943. The summed E-state index contributed by atoms with van der Waals surface area (Å²) in [5, 5.41) is 16.3. The molecule has 0 unspecified atom stereocenters. The van der Waals surface area contributed by atoms with Crippen LogP contribution < -0.4 is 10.6 Å². The zero-order valence-corrected chi connectivity index (χ0v) is 12.4. The highest BCUT2D eigenvalue weighted by molar-refractivity contribution is 7.10. The second-order valence-corrected chi connectivity index (χ2v) is 5.41. The fourth-order valence-electron chi connectivity index (χ4n) is 1.87. The van der Waals surface area contributed by atoms with Crippen LogP contribution in [0.2, 0.25) is 0 Å². The number of benzene rings is 1. The number of carbonyl (C=O) groups excluding carboxylic acids is 1. The van der Waals surface area contributed by atoms with Crippen LogP contribution >= 0.6 is 11.3 Å². The van der Waals surface area contributed by atoms with Crippen LogP contribution in [-0.4, -0.2) is 17.1 Å². The SMILES string of the molecule is CCc1ccsc1CNC(=O)Nc1ccc(C(=O)O)cc1. The van der Waals surface area contributed by atoms with E-state index in [4.69, 9.17) is 5.11 Å². The molecule has 2 aromatic rings. The predicted octanol–water partition coefficient (Wildman–Crippen LogP) is 3.33. The lowest BCUT2D eigenvalue weighted by Crippen LogP contribution is -2.28. The first-order valence-electron chi connectivity index (χ1n) is 6.53. The van der Waals surface area contributed by atoms with Crippen molar-refractivity contribution in [3.63, 3.8) is 0 Å². The monoisotopic (exact) mass is 304 g/mol. The highest BCUT2D eigenvalue weighted by atomic mass is 32.1. The summed E-state index contributed by atoms with van der Waals surface area (Å²) in [6, 6.07) is 7.77. The number of anilines is 1. The number of urea groups is 1. The Balaban J connectivity index is 1.88. The summed E-state index contributed by atoms with van der Waals surface area (Å²) in [5.74, 6) is -0.990. The van der Waals surface area contributed by atoms with E-state index in [-0.39, 0.29) is 11.6 Å². The molecule has 0 atom stereocenters. The molecule has 0 aliphatic carbocycles. The quantitative estimate of drug-likeness (QED) is 0.792. The molecule has 0 aliphatic heterocycles. The van der Waals surface area contributed by atoms with Gasteiger partial charge in [-0.15, -0.1) is 11.3 Å². The summed E-state index contributed by atoms with van der Waals surface area (Å²) in [4.78, 5) is 23.7. The van der Waals surface area contributed by atoms with Gasteiger partial charge in [0, 0.05) is 10.6 Å². The lowest BCUT2D eigenvalue weighted by molar-refractivity contribution is 0.0697. The van der Waals surface area contributed by atoms with E-state index in [0.717, 1.165) is 11.3 Å². The van der Waals surface area contributed by atoms with Crippen LogP contribution in [0.4, 0.5) is 10.5 Å². The topological polar surface area (TPSA) is 78.4 Å². The number of carboxylic acid groups (broad SMARTS) is 1. The van der Waals surface area contributed by atoms with Gasteiger partial charge in [0.2, 0.25) is 0 Å². The predicted molar refractivity (Wildman–Crippen MR) is 83.0 cm³/mol. The lowest BCUT2D eigenvalue weighted by Gasteiger charge is -2.08. The van der Waals surface area contributed by atoms with Crippen LogP contribution in [0.3, 0.4) is 0 Å². The molecule has 0 spiro atoms. The molecule has 1 heterocycles. The van der Waals surface area contributed by atoms with Crippen LogP contribution in [0.1, 0.15) is 27.7 Å². The van der Waals surface area contributed by atoms with Gasteiger partial charge in [-0.1, -0.05) is 6.92 Å². The first-order chi connectivity index (χ1) is 10.1. The molecule has 0 fully saturated rings.